The van der Waals surface area contributed by atoms with Crippen LogP contribution in [0.2, 0.25) is 0 Å². The topological polar surface area (TPSA) is 52.5 Å². The average molecular weight is 145 g/mol. The molecule has 1 saturated heterocycles. The Morgan fingerprint density at radius 3 is 2.70 bits per heavy atom. The number of aliphatic hydroxyl groups excluding tert-OH is 2. The van der Waals surface area contributed by atoms with Crippen LogP contribution in [0.3, 0.4) is 0 Å². The fourth-order valence-corrected chi connectivity index (χ4v) is 1.36. The Balaban J connectivity index is 2.42. The van der Waals surface area contributed by atoms with Crippen molar-refractivity contribution in [2.75, 3.05) is 6.54 Å². The van der Waals surface area contributed by atoms with Gasteiger partial charge in [-0.1, -0.05) is 6.92 Å². The molecule has 0 aromatic carbocycles. The van der Waals surface area contributed by atoms with Gasteiger partial charge in [0.25, 0.3) is 0 Å². The van der Waals surface area contributed by atoms with Crippen molar-refractivity contribution in [3.8, 4) is 0 Å². The second kappa shape index (κ2) is 3.32. The highest BCUT2D eigenvalue weighted by Gasteiger charge is 2.28. The van der Waals surface area contributed by atoms with Crippen LogP contribution in [0, 0.1) is 0 Å². The summed E-state index contributed by atoms with van der Waals surface area (Å²) in [5.74, 6) is 0. The lowest BCUT2D eigenvalue weighted by molar-refractivity contribution is -0.0270. The van der Waals surface area contributed by atoms with E-state index in [4.69, 9.17) is 0 Å². The molecule has 3 N–H and O–H groups in total. The Bertz CT molecular complexity index is 108. The Morgan fingerprint density at radius 1 is 1.50 bits per heavy atom. The van der Waals surface area contributed by atoms with Crippen molar-refractivity contribution in [3.63, 3.8) is 0 Å². The van der Waals surface area contributed by atoms with Crippen molar-refractivity contribution in [3.05, 3.63) is 0 Å². The predicted octanol–water partition coefficient (Wildman–Crippen LogP) is -0.520. The third-order valence-corrected chi connectivity index (χ3v) is 2.09. The van der Waals surface area contributed by atoms with Crippen molar-refractivity contribution >= 4 is 0 Å². The van der Waals surface area contributed by atoms with Gasteiger partial charge in [0.1, 0.15) is 0 Å². The molecule has 0 unspecified atom stereocenters. The van der Waals surface area contributed by atoms with Crippen LogP contribution in [0.5, 0.6) is 0 Å². The van der Waals surface area contributed by atoms with E-state index in [1.165, 1.54) is 0 Å². The SMILES string of the molecule is CC[C@H]1NCC[C@@H](O)[C@@H]1O. The molecule has 0 aromatic rings. The van der Waals surface area contributed by atoms with Crippen molar-refractivity contribution in [1.82, 2.24) is 5.32 Å². The van der Waals surface area contributed by atoms with Gasteiger partial charge in [-0.15, -0.1) is 0 Å². The Kier molecular flexibility index (Phi) is 2.65. The molecule has 0 amide bonds. The van der Waals surface area contributed by atoms with E-state index in [9.17, 15) is 10.2 Å². The fraction of sp³-hybridized carbons (Fsp3) is 1.00. The Morgan fingerprint density at radius 2 is 2.20 bits per heavy atom. The van der Waals surface area contributed by atoms with E-state index in [1.807, 2.05) is 6.92 Å². The van der Waals surface area contributed by atoms with Crippen LogP contribution in [0.4, 0.5) is 0 Å². The number of hydrogen-bond donors (Lipinski definition) is 3. The van der Waals surface area contributed by atoms with Crippen LogP contribution in [0.15, 0.2) is 0 Å². The Labute approximate surface area is 61.1 Å². The number of aliphatic hydroxyl groups is 2. The highest BCUT2D eigenvalue weighted by Crippen LogP contribution is 2.11. The van der Waals surface area contributed by atoms with Crippen molar-refractivity contribution in [1.29, 1.82) is 0 Å². The van der Waals surface area contributed by atoms with Gasteiger partial charge in [-0.2, -0.15) is 0 Å². The van der Waals surface area contributed by atoms with Crippen LogP contribution >= 0.6 is 0 Å². The molecule has 1 heterocycles. The lowest BCUT2D eigenvalue weighted by atomic mass is 9.97. The van der Waals surface area contributed by atoms with E-state index >= 15 is 0 Å². The molecule has 1 rings (SSSR count). The average Bonchev–Trinajstić information content (AvgIpc) is 1.95. The minimum atomic E-state index is -0.571. The maximum atomic E-state index is 9.32. The number of piperidine rings is 1. The molecule has 3 nitrogen and oxygen atoms in total. The number of hydrogen-bond acceptors (Lipinski definition) is 3. The molecular weight excluding hydrogens is 130 g/mol. The van der Waals surface area contributed by atoms with Gasteiger partial charge >= 0.3 is 0 Å². The molecule has 0 bridgehead atoms. The maximum absolute atomic E-state index is 9.32. The molecule has 3 atom stereocenters. The molecule has 0 aliphatic carbocycles. The molecule has 0 saturated carbocycles. The van der Waals surface area contributed by atoms with Gasteiger partial charge in [0.05, 0.1) is 12.2 Å². The summed E-state index contributed by atoms with van der Waals surface area (Å²) in [7, 11) is 0. The van der Waals surface area contributed by atoms with Crippen LogP contribution in [0.1, 0.15) is 19.8 Å². The summed E-state index contributed by atoms with van der Waals surface area (Å²) in [5, 5.41) is 21.7. The first kappa shape index (κ1) is 7.98. The first-order valence-corrected chi connectivity index (χ1v) is 3.85. The quantitative estimate of drug-likeness (QED) is 0.465. The van der Waals surface area contributed by atoms with Gasteiger partial charge in [0, 0.05) is 6.04 Å². The summed E-state index contributed by atoms with van der Waals surface area (Å²) >= 11 is 0. The molecule has 10 heavy (non-hydrogen) atoms. The normalized spacial score (nSPS) is 41.7. The second-order valence-corrected chi connectivity index (χ2v) is 2.82. The maximum Gasteiger partial charge on any atom is 0.0951 e. The van der Waals surface area contributed by atoms with E-state index in [0.29, 0.717) is 6.42 Å². The predicted molar refractivity (Wildman–Crippen MR) is 38.7 cm³/mol. The summed E-state index contributed by atoms with van der Waals surface area (Å²) in [6, 6.07) is 0.0868. The zero-order chi connectivity index (χ0) is 7.56. The van der Waals surface area contributed by atoms with Crippen molar-refractivity contribution < 1.29 is 10.2 Å². The minimum Gasteiger partial charge on any atom is -0.390 e. The zero-order valence-electron chi connectivity index (χ0n) is 6.25. The summed E-state index contributed by atoms with van der Waals surface area (Å²) in [6.45, 7) is 2.82. The summed E-state index contributed by atoms with van der Waals surface area (Å²) < 4.78 is 0. The van der Waals surface area contributed by atoms with Crippen LogP contribution in [0.25, 0.3) is 0 Å². The first-order valence-electron chi connectivity index (χ1n) is 3.85. The summed E-state index contributed by atoms with van der Waals surface area (Å²) in [6.07, 6.45) is 0.445. The lowest BCUT2D eigenvalue weighted by Gasteiger charge is -2.32. The molecule has 1 fully saturated rings. The third kappa shape index (κ3) is 1.48. The lowest BCUT2D eigenvalue weighted by Crippen LogP contribution is -2.51. The second-order valence-electron chi connectivity index (χ2n) is 2.82. The molecule has 0 spiro atoms. The molecule has 0 aromatic heterocycles. The standard InChI is InChI=1S/C7H15NO2/c1-2-5-7(10)6(9)3-4-8-5/h5-10H,2-4H2,1H3/t5-,6-,7-/m1/s1. The summed E-state index contributed by atoms with van der Waals surface area (Å²) in [4.78, 5) is 0. The van der Waals surface area contributed by atoms with E-state index < -0.39 is 12.2 Å². The van der Waals surface area contributed by atoms with E-state index in [1.54, 1.807) is 0 Å². The Hall–Kier alpha value is -0.120. The van der Waals surface area contributed by atoms with Crippen molar-refractivity contribution in [2.24, 2.45) is 0 Å². The molecule has 3 heteroatoms. The minimum absolute atomic E-state index is 0.0868. The van der Waals surface area contributed by atoms with Crippen LogP contribution in [-0.2, 0) is 0 Å². The van der Waals surface area contributed by atoms with E-state index in [2.05, 4.69) is 5.32 Å². The first-order chi connectivity index (χ1) is 4.75. The fourth-order valence-electron chi connectivity index (χ4n) is 1.36. The summed E-state index contributed by atoms with van der Waals surface area (Å²) in [5.41, 5.74) is 0. The third-order valence-electron chi connectivity index (χ3n) is 2.09. The van der Waals surface area contributed by atoms with Gasteiger partial charge in [-0.25, -0.2) is 0 Å². The van der Waals surface area contributed by atoms with Gasteiger partial charge in [0.15, 0.2) is 0 Å². The molecule has 1 aliphatic heterocycles. The van der Waals surface area contributed by atoms with E-state index in [-0.39, 0.29) is 6.04 Å². The molecule has 60 valence electrons. The van der Waals surface area contributed by atoms with Gasteiger partial charge in [-0.05, 0) is 19.4 Å². The highest BCUT2D eigenvalue weighted by molar-refractivity contribution is 4.85. The monoisotopic (exact) mass is 145 g/mol. The zero-order valence-corrected chi connectivity index (χ0v) is 6.25. The van der Waals surface area contributed by atoms with Gasteiger partial charge < -0.3 is 15.5 Å². The van der Waals surface area contributed by atoms with Gasteiger partial charge in [0.2, 0.25) is 0 Å². The van der Waals surface area contributed by atoms with Crippen LogP contribution in [-0.4, -0.2) is 35.0 Å². The van der Waals surface area contributed by atoms with E-state index in [0.717, 1.165) is 13.0 Å². The van der Waals surface area contributed by atoms with Crippen molar-refractivity contribution in [2.45, 2.75) is 38.0 Å². The van der Waals surface area contributed by atoms with Gasteiger partial charge in [-0.3, -0.25) is 0 Å². The molecule has 0 radical (unpaired) electrons. The highest BCUT2D eigenvalue weighted by atomic mass is 16.3. The molecule has 1 aliphatic rings. The number of nitrogens with one attached hydrogen (secondary N) is 1. The molecular formula is C7H15NO2. The van der Waals surface area contributed by atoms with Crippen LogP contribution < -0.4 is 5.32 Å². The smallest absolute Gasteiger partial charge is 0.0951 e. The number of rotatable bonds is 1. The largest absolute Gasteiger partial charge is 0.390 e.